The summed E-state index contributed by atoms with van der Waals surface area (Å²) >= 11 is 10.3. The summed E-state index contributed by atoms with van der Waals surface area (Å²) in [5.41, 5.74) is -0.210. The summed E-state index contributed by atoms with van der Waals surface area (Å²) in [5, 5.41) is 8.58. The van der Waals surface area contributed by atoms with Crippen molar-refractivity contribution in [1.29, 1.82) is 0 Å². The van der Waals surface area contributed by atoms with Crippen LogP contribution >= 0.6 is 23.8 Å². The van der Waals surface area contributed by atoms with Gasteiger partial charge in [0.25, 0.3) is 0 Å². The van der Waals surface area contributed by atoms with Crippen LogP contribution in [0, 0.1) is 11.6 Å². The maximum atomic E-state index is 10.5. The lowest BCUT2D eigenvalue weighted by Gasteiger charge is -1.99. The quantitative estimate of drug-likeness (QED) is 0.685. The van der Waals surface area contributed by atoms with Crippen LogP contribution in [0.15, 0.2) is 0 Å². The minimum Gasteiger partial charge on any atom is -0.476 e. The highest BCUT2D eigenvalue weighted by molar-refractivity contribution is 7.71. The van der Waals surface area contributed by atoms with Crippen LogP contribution in [0.1, 0.15) is 16.3 Å². The van der Waals surface area contributed by atoms with Gasteiger partial charge in [0.2, 0.25) is 0 Å². The van der Waals surface area contributed by atoms with Gasteiger partial charge >= 0.3 is 5.97 Å². The lowest BCUT2D eigenvalue weighted by atomic mass is 10.4. The summed E-state index contributed by atoms with van der Waals surface area (Å²) in [6.45, 7) is 1.61. The molecule has 12 heavy (non-hydrogen) atoms. The Bertz CT molecular complexity index is 388. The zero-order chi connectivity index (χ0) is 9.30. The average Bonchev–Trinajstić information content (AvgIpc) is 1.96. The Morgan fingerprint density at radius 1 is 1.75 bits per heavy atom. The van der Waals surface area contributed by atoms with Gasteiger partial charge in [-0.3, -0.25) is 0 Å². The van der Waals surface area contributed by atoms with Gasteiger partial charge in [-0.15, -0.1) is 0 Å². The molecule has 0 aromatic carbocycles. The van der Waals surface area contributed by atoms with E-state index in [4.69, 9.17) is 28.9 Å². The maximum Gasteiger partial charge on any atom is 0.356 e. The van der Waals surface area contributed by atoms with Crippen LogP contribution in [0.25, 0.3) is 0 Å². The molecular formula is C6H5ClN2O2S. The number of hydrogen-bond acceptors (Lipinski definition) is 3. The van der Waals surface area contributed by atoms with E-state index >= 15 is 0 Å². The van der Waals surface area contributed by atoms with E-state index in [1.807, 2.05) is 0 Å². The molecule has 0 fully saturated rings. The average molecular weight is 205 g/mol. The van der Waals surface area contributed by atoms with E-state index in [9.17, 15) is 4.79 Å². The molecule has 0 saturated heterocycles. The Labute approximate surface area is 78.2 Å². The van der Waals surface area contributed by atoms with Gasteiger partial charge in [-0.2, -0.15) is 0 Å². The monoisotopic (exact) mass is 204 g/mol. The third-order valence-corrected chi connectivity index (χ3v) is 1.97. The molecule has 0 amide bonds. The number of aromatic carboxylic acids is 1. The molecule has 0 aliphatic heterocycles. The number of hydrogen-bond donors (Lipinski definition) is 2. The first-order chi connectivity index (χ1) is 5.52. The van der Waals surface area contributed by atoms with Crippen molar-refractivity contribution in [2.24, 2.45) is 0 Å². The van der Waals surface area contributed by atoms with Crippen molar-refractivity contribution in [3.8, 4) is 0 Å². The van der Waals surface area contributed by atoms with Crippen molar-refractivity contribution in [3.05, 3.63) is 21.2 Å². The van der Waals surface area contributed by atoms with E-state index in [1.165, 1.54) is 0 Å². The second-order valence-electron chi connectivity index (χ2n) is 2.12. The highest BCUT2D eigenvalue weighted by Gasteiger charge is 2.12. The Morgan fingerprint density at radius 2 is 2.33 bits per heavy atom. The van der Waals surface area contributed by atoms with Crippen molar-refractivity contribution in [3.63, 3.8) is 0 Å². The molecule has 0 radical (unpaired) electrons. The molecule has 0 spiro atoms. The predicted molar refractivity (Wildman–Crippen MR) is 46.1 cm³/mol. The van der Waals surface area contributed by atoms with Crippen LogP contribution in [-0.4, -0.2) is 21.0 Å². The topological polar surface area (TPSA) is 66.0 Å². The standard InChI is InChI=1S/C6H5ClN2O2S/c1-2-8-4(6(10)11)3(7)5(12)9-2/h1H3,(H,10,11)(H,8,9,12). The van der Waals surface area contributed by atoms with Gasteiger partial charge in [-0.05, 0) is 6.92 Å². The zero-order valence-electron chi connectivity index (χ0n) is 6.09. The summed E-state index contributed by atoms with van der Waals surface area (Å²) in [6.07, 6.45) is 0. The Balaban J connectivity index is 3.48. The molecule has 0 aliphatic rings. The van der Waals surface area contributed by atoms with E-state index in [-0.39, 0.29) is 15.4 Å². The van der Waals surface area contributed by atoms with Gasteiger partial charge in [-0.25, -0.2) is 9.78 Å². The molecule has 0 bridgehead atoms. The van der Waals surface area contributed by atoms with Crippen molar-refractivity contribution in [1.82, 2.24) is 9.97 Å². The summed E-state index contributed by atoms with van der Waals surface area (Å²) in [4.78, 5) is 16.8. The highest BCUT2D eigenvalue weighted by Crippen LogP contribution is 2.13. The van der Waals surface area contributed by atoms with Crippen LogP contribution in [0.4, 0.5) is 0 Å². The third-order valence-electron chi connectivity index (χ3n) is 1.18. The number of nitrogens with zero attached hydrogens (tertiary/aromatic N) is 1. The summed E-state index contributed by atoms with van der Waals surface area (Å²) in [6, 6.07) is 0. The van der Waals surface area contributed by atoms with Crippen LogP contribution in [-0.2, 0) is 0 Å². The van der Waals surface area contributed by atoms with E-state index in [2.05, 4.69) is 9.97 Å². The van der Waals surface area contributed by atoms with E-state index in [1.54, 1.807) is 6.92 Å². The lowest BCUT2D eigenvalue weighted by Crippen LogP contribution is -2.04. The first-order valence-corrected chi connectivity index (χ1v) is 3.80. The van der Waals surface area contributed by atoms with Crippen molar-refractivity contribution < 1.29 is 9.90 Å². The summed E-state index contributed by atoms with van der Waals surface area (Å²) < 4.78 is 0.196. The molecular weight excluding hydrogens is 200 g/mol. The SMILES string of the molecule is Cc1nc(C(=O)O)c(Cl)c(=S)[nH]1. The van der Waals surface area contributed by atoms with Crippen molar-refractivity contribution >= 4 is 29.8 Å². The largest absolute Gasteiger partial charge is 0.476 e. The number of carboxylic acid groups (broad SMARTS) is 1. The van der Waals surface area contributed by atoms with Gasteiger partial charge in [0.05, 0.1) is 0 Å². The number of rotatable bonds is 1. The molecule has 1 heterocycles. The second-order valence-corrected chi connectivity index (χ2v) is 2.91. The molecule has 0 aliphatic carbocycles. The Kier molecular flexibility index (Phi) is 2.44. The number of aryl methyl sites for hydroxylation is 1. The minimum atomic E-state index is -1.18. The number of carbonyl (C=O) groups is 1. The molecule has 1 aromatic heterocycles. The molecule has 1 rings (SSSR count). The molecule has 2 N–H and O–H groups in total. The minimum absolute atomic E-state index is 0.0249. The summed E-state index contributed by atoms with van der Waals surface area (Å²) in [5.74, 6) is -0.745. The maximum absolute atomic E-state index is 10.5. The zero-order valence-corrected chi connectivity index (χ0v) is 7.66. The number of H-pyrrole nitrogens is 1. The second kappa shape index (κ2) is 3.20. The van der Waals surface area contributed by atoms with Gasteiger partial charge in [0.1, 0.15) is 15.5 Å². The van der Waals surface area contributed by atoms with Crippen LogP contribution in [0.2, 0.25) is 5.02 Å². The number of carboxylic acids is 1. The van der Waals surface area contributed by atoms with Gasteiger partial charge in [0.15, 0.2) is 5.69 Å². The van der Waals surface area contributed by atoms with Crippen LogP contribution in [0.5, 0.6) is 0 Å². The van der Waals surface area contributed by atoms with Gasteiger partial charge in [0, 0.05) is 0 Å². The fourth-order valence-electron chi connectivity index (χ4n) is 0.713. The van der Waals surface area contributed by atoms with E-state index < -0.39 is 5.97 Å². The highest BCUT2D eigenvalue weighted by atomic mass is 35.5. The number of nitrogens with one attached hydrogen (secondary N) is 1. The van der Waals surface area contributed by atoms with Crippen molar-refractivity contribution in [2.75, 3.05) is 0 Å². The molecule has 6 heteroatoms. The fourth-order valence-corrected chi connectivity index (χ4v) is 1.13. The fraction of sp³-hybridized carbons (Fsp3) is 0.167. The normalized spacial score (nSPS) is 9.83. The molecule has 0 unspecified atom stereocenters. The molecule has 4 nitrogen and oxygen atoms in total. The smallest absolute Gasteiger partial charge is 0.356 e. The number of halogens is 1. The number of aromatic amines is 1. The first kappa shape index (κ1) is 9.15. The van der Waals surface area contributed by atoms with Crippen LogP contribution < -0.4 is 0 Å². The van der Waals surface area contributed by atoms with E-state index in [0.717, 1.165) is 0 Å². The summed E-state index contributed by atoms with van der Waals surface area (Å²) in [7, 11) is 0. The molecule has 0 atom stereocenters. The predicted octanol–water partition coefficient (Wildman–Crippen LogP) is 1.80. The van der Waals surface area contributed by atoms with Crippen molar-refractivity contribution in [2.45, 2.75) is 6.92 Å². The van der Waals surface area contributed by atoms with Gasteiger partial charge < -0.3 is 10.1 Å². The molecule has 1 aromatic rings. The first-order valence-electron chi connectivity index (χ1n) is 3.02. The molecule has 0 saturated carbocycles. The Morgan fingerprint density at radius 3 is 2.83 bits per heavy atom. The van der Waals surface area contributed by atoms with Gasteiger partial charge in [-0.1, -0.05) is 23.8 Å². The van der Waals surface area contributed by atoms with E-state index in [0.29, 0.717) is 5.82 Å². The third kappa shape index (κ3) is 1.62. The lowest BCUT2D eigenvalue weighted by molar-refractivity contribution is 0.0690. The Hall–Kier alpha value is -0.940. The number of aromatic nitrogens is 2. The van der Waals surface area contributed by atoms with Crippen LogP contribution in [0.3, 0.4) is 0 Å². The molecule has 64 valence electrons.